The van der Waals surface area contributed by atoms with E-state index < -0.39 is 0 Å². The molecule has 6 heteroatoms. The Morgan fingerprint density at radius 1 is 1.04 bits per heavy atom. The van der Waals surface area contributed by atoms with Crippen LogP contribution in [0.15, 0.2) is 69.6 Å². The molecule has 0 bridgehead atoms. The van der Waals surface area contributed by atoms with E-state index >= 15 is 0 Å². The van der Waals surface area contributed by atoms with Crippen LogP contribution in [-0.2, 0) is 6.61 Å². The number of ether oxygens (including phenoxy) is 1. The minimum Gasteiger partial charge on any atom is -0.486 e. The molecule has 0 unspecified atom stereocenters. The van der Waals surface area contributed by atoms with E-state index in [2.05, 4.69) is 15.9 Å². The van der Waals surface area contributed by atoms with Crippen LogP contribution in [0.2, 0.25) is 10.0 Å². The standard InChI is InChI=1S/C20H13BrCl2O3/c21-14-2-4-15(5-3-14)25-12-17-7-6-16(26-17)8-10-20(24)13-1-9-18(22)19(23)11-13/h1-11H,12H2/b10-8+. The Bertz CT molecular complexity index is 946. The number of carbonyl (C=O) groups excluding carboxylic acids is 1. The zero-order valence-electron chi connectivity index (χ0n) is 13.4. The maximum Gasteiger partial charge on any atom is 0.186 e. The first kappa shape index (κ1) is 18.8. The minimum absolute atomic E-state index is 0.187. The third-order valence-electron chi connectivity index (χ3n) is 3.48. The van der Waals surface area contributed by atoms with Gasteiger partial charge in [0.25, 0.3) is 0 Å². The highest BCUT2D eigenvalue weighted by Gasteiger charge is 2.06. The summed E-state index contributed by atoms with van der Waals surface area (Å²) in [6.45, 7) is 0.302. The molecule has 0 fully saturated rings. The highest BCUT2D eigenvalue weighted by Crippen LogP contribution is 2.23. The van der Waals surface area contributed by atoms with Crippen LogP contribution in [-0.4, -0.2) is 5.78 Å². The fourth-order valence-corrected chi connectivity index (χ4v) is 2.71. The first-order valence-corrected chi connectivity index (χ1v) is 9.21. The quantitative estimate of drug-likeness (QED) is 0.304. The van der Waals surface area contributed by atoms with Gasteiger partial charge < -0.3 is 9.15 Å². The smallest absolute Gasteiger partial charge is 0.186 e. The first-order valence-electron chi connectivity index (χ1n) is 7.66. The molecule has 0 spiro atoms. The van der Waals surface area contributed by atoms with Gasteiger partial charge in [0.05, 0.1) is 10.0 Å². The fourth-order valence-electron chi connectivity index (χ4n) is 2.15. The van der Waals surface area contributed by atoms with Crippen molar-refractivity contribution in [2.24, 2.45) is 0 Å². The lowest BCUT2D eigenvalue weighted by molar-refractivity contribution is 0.104. The number of ketones is 1. The molecule has 3 aromatic rings. The summed E-state index contributed by atoms with van der Waals surface area (Å²) in [6, 6.07) is 15.9. The fraction of sp³-hybridized carbons (Fsp3) is 0.0500. The lowest BCUT2D eigenvalue weighted by Crippen LogP contribution is -1.94. The Balaban J connectivity index is 1.60. The summed E-state index contributed by atoms with van der Waals surface area (Å²) in [5, 5.41) is 0.755. The summed E-state index contributed by atoms with van der Waals surface area (Å²) in [6.07, 6.45) is 3.03. The van der Waals surface area contributed by atoms with Crippen LogP contribution < -0.4 is 4.74 Å². The number of furan rings is 1. The van der Waals surface area contributed by atoms with Gasteiger partial charge in [-0.2, -0.15) is 0 Å². The first-order chi connectivity index (χ1) is 12.5. The number of allylic oxidation sites excluding steroid dienone is 1. The molecule has 132 valence electrons. The molecule has 2 aromatic carbocycles. The molecule has 0 aliphatic carbocycles. The van der Waals surface area contributed by atoms with E-state index in [1.165, 1.54) is 12.1 Å². The maximum absolute atomic E-state index is 12.2. The molecule has 0 aliphatic rings. The molecule has 26 heavy (non-hydrogen) atoms. The van der Waals surface area contributed by atoms with E-state index in [-0.39, 0.29) is 5.78 Å². The van der Waals surface area contributed by atoms with Crippen molar-refractivity contribution in [2.75, 3.05) is 0 Å². The van der Waals surface area contributed by atoms with Gasteiger partial charge in [-0.05, 0) is 66.7 Å². The van der Waals surface area contributed by atoms with E-state index in [1.807, 2.05) is 30.3 Å². The van der Waals surface area contributed by atoms with Crippen molar-refractivity contribution in [3.05, 3.63) is 92.3 Å². The Hall–Kier alpha value is -2.01. The summed E-state index contributed by atoms with van der Waals surface area (Å²) < 4.78 is 12.3. The average molecular weight is 452 g/mol. The zero-order valence-corrected chi connectivity index (χ0v) is 16.5. The van der Waals surface area contributed by atoms with E-state index in [0.717, 1.165) is 10.2 Å². The average Bonchev–Trinajstić information content (AvgIpc) is 3.09. The predicted molar refractivity (Wildman–Crippen MR) is 107 cm³/mol. The van der Waals surface area contributed by atoms with Gasteiger partial charge in [-0.3, -0.25) is 4.79 Å². The third-order valence-corrected chi connectivity index (χ3v) is 4.75. The van der Waals surface area contributed by atoms with E-state index in [9.17, 15) is 4.79 Å². The second-order valence-corrected chi connectivity index (χ2v) is 7.10. The van der Waals surface area contributed by atoms with Crippen LogP contribution in [0.1, 0.15) is 21.9 Å². The van der Waals surface area contributed by atoms with Gasteiger partial charge in [0.2, 0.25) is 0 Å². The normalized spacial score (nSPS) is 11.0. The van der Waals surface area contributed by atoms with Gasteiger partial charge in [0.15, 0.2) is 5.78 Å². The van der Waals surface area contributed by atoms with Crippen molar-refractivity contribution >= 4 is 51.0 Å². The maximum atomic E-state index is 12.2. The highest BCUT2D eigenvalue weighted by molar-refractivity contribution is 9.10. The second kappa shape index (κ2) is 8.58. The van der Waals surface area contributed by atoms with E-state index in [4.69, 9.17) is 32.4 Å². The van der Waals surface area contributed by atoms with Crippen LogP contribution >= 0.6 is 39.1 Å². The van der Waals surface area contributed by atoms with Crippen molar-refractivity contribution < 1.29 is 13.9 Å². The molecule has 0 atom stereocenters. The molecule has 3 nitrogen and oxygen atoms in total. The summed E-state index contributed by atoms with van der Waals surface area (Å²) in [4.78, 5) is 12.2. The number of hydrogen-bond donors (Lipinski definition) is 0. The Labute approximate surface area is 169 Å². The van der Waals surface area contributed by atoms with Gasteiger partial charge in [-0.1, -0.05) is 39.1 Å². The summed E-state index contributed by atoms with van der Waals surface area (Å²) >= 11 is 15.2. The number of hydrogen-bond acceptors (Lipinski definition) is 3. The molecule has 1 heterocycles. The lowest BCUT2D eigenvalue weighted by Gasteiger charge is -2.03. The summed E-state index contributed by atoms with van der Waals surface area (Å²) in [5.41, 5.74) is 0.459. The SMILES string of the molecule is O=C(/C=C/c1ccc(COc2ccc(Br)cc2)o1)c1ccc(Cl)c(Cl)c1. The largest absolute Gasteiger partial charge is 0.486 e. The molecule has 0 aliphatic heterocycles. The molecular weight excluding hydrogens is 439 g/mol. The van der Waals surface area contributed by atoms with E-state index in [0.29, 0.717) is 33.7 Å². The van der Waals surface area contributed by atoms with Crippen LogP contribution in [0.4, 0.5) is 0 Å². The number of halogens is 3. The van der Waals surface area contributed by atoms with Gasteiger partial charge in [-0.25, -0.2) is 0 Å². The molecular formula is C20H13BrCl2O3. The monoisotopic (exact) mass is 450 g/mol. The molecule has 1 aromatic heterocycles. The molecule has 0 saturated carbocycles. The van der Waals surface area contributed by atoms with Gasteiger partial charge in [-0.15, -0.1) is 0 Å². The van der Waals surface area contributed by atoms with Crippen LogP contribution in [0.3, 0.4) is 0 Å². The Morgan fingerprint density at radius 3 is 2.54 bits per heavy atom. The highest BCUT2D eigenvalue weighted by atomic mass is 79.9. The molecule has 0 N–H and O–H groups in total. The van der Waals surface area contributed by atoms with Crippen molar-refractivity contribution in [2.45, 2.75) is 6.61 Å². The number of benzene rings is 2. The second-order valence-electron chi connectivity index (χ2n) is 5.37. The van der Waals surface area contributed by atoms with Crippen LogP contribution in [0, 0.1) is 0 Å². The third kappa shape index (κ3) is 5.01. The minimum atomic E-state index is -0.187. The van der Waals surface area contributed by atoms with Crippen molar-refractivity contribution in [1.82, 2.24) is 0 Å². The summed E-state index contributed by atoms with van der Waals surface area (Å²) in [5.74, 6) is 1.78. The molecule has 3 rings (SSSR count). The molecule has 0 amide bonds. The van der Waals surface area contributed by atoms with Crippen LogP contribution in [0.5, 0.6) is 5.75 Å². The zero-order chi connectivity index (χ0) is 18.5. The Morgan fingerprint density at radius 2 is 1.81 bits per heavy atom. The van der Waals surface area contributed by atoms with Crippen molar-refractivity contribution in [3.63, 3.8) is 0 Å². The number of rotatable bonds is 6. The Kier molecular flexibility index (Phi) is 6.20. The summed E-state index contributed by atoms with van der Waals surface area (Å²) in [7, 11) is 0. The molecule has 0 saturated heterocycles. The lowest BCUT2D eigenvalue weighted by atomic mass is 10.1. The van der Waals surface area contributed by atoms with Crippen molar-refractivity contribution in [1.29, 1.82) is 0 Å². The predicted octanol–water partition coefficient (Wildman–Crippen LogP) is 6.82. The number of carbonyl (C=O) groups is 1. The van der Waals surface area contributed by atoms with Gasteiger partial charge in [0.1, 0.15) is 23.9 Å². The topological polar surface area (TPSA) is 39.4 Å². The van der Waals surface area contributed by atoms with Gasteiger partial charge in [0, 0.05) is 10.0 Å². The van der Waals surface area contributed by atoms with Crippen molar-refractivity contribution in [3.8, 4) is 5.75 Å². The van der Waals surface area contributed by atoms with Crippen LogP contribution in [0.25, 0.3) is 6.08 Å². The van der Waals surface area contributed by atoms with E-state index in [1.54, 1.807) is 24.3 Å². The molecule has 0 radical (unpaired) electrons. The van der Waals surface area contributed by atoms with Gasteiger partial charge >= 0.3 is 0 Å².